The van der Waals surface area contributed by atoms with Crippen molar-refractivity contribution in [2.24, 2.45) is 0 Å². The average molecular weight is 372 g/mol. The fourth-order valence-corrected chi connectivity index (χ4v) is 2.79. The minimum atomic E-state index is -3.85. The highest BCUT2D eigenvalue weighted by molar-refractivity contribution is 7.84. The molecule has 1 aromatic carbocycles. The summed E-state index contributed by atoms with van der Waals surface area (Å²) in [5, 5.41) is 2.63. The van der Waals surface area contributed by atoms with Gasteiger partial charge in [-0.25, -0.2) is 4.79 Å². The van der Waals surface area contributed by atoms with Crippen molar-refractivity contribution in [2.75, 3.05) is 20.6 Å². The number of ether oxygens (including phenoxy) is 2. The Morgan fingerprint density at radius 1 is 1.36 bits per heavy atom. The number of nitrogens with one attached hydrogen (secondary N) is 1. The molecule has 0 aromatic heterocycles. The van der Waals surface area contributed by atoms with Crippen molar-refractivity contribution in [1.82, 2.24) is 9.62 Å². The van der Waals surface area contributed by atoms with Crippen molar-refractivity contribution < 1.29 is 26.9 Å². The van der Waals surface area contributed by atoms with Gasteiger partial charge in [0.1, 0.15) is 11.5 Å². The Balaban J connectivity index is 2.19. The van der Waals surface area contributed by atoms with Gasteiger partial charge in [-0.3, -0.25) is 0 Å². The molecule has 1 aromatic rings. The van der Waals surface area contributed by atoms with Crippen molar-refractivity contribution in [2.45, 2.75) is 38.9 Å². The van der Waals surface area contributed by atoms with Crippen LogP contribution >= 0.6 is 0 Å². The molecule has 1 unspecified atom stereocenters. The Kier molecular flexibility index (Phi) is 5.48. The zero-order valence-electron chi connectivity index (χ0n) is 15.0. The summed E-state index contributed by atoms with van der Waals surface area (Å²) in [5.74, 6) is 0.688. The fourth-order valence-electron chi connectivity index (χ4n) is 2.29. The molecule has 0 radical (unpaired) electrons. The van der Waals surface area contributed by atoms with Crippen LogP contribution in [0.25, 0.3) is 0 Å². The first kappa shape index (κ1) is 19.3. The van der Waals surface area contributed by atoms with Crippen LogP contribution in [0.2, 0.25) is 0 Å². The van der Waals surface area contributed by atoms with Crippen molar-refractivity contribution in [3.8, 4) is 11.5 Å². The largest absolute Gasteiger partial charge is 0.453 e. The lowest BCUT2D eigenvalue weighted by molar-refractivity contribution is -0.0563. The van der Waals surface area contributed by atoms with Crippen molar-refractivity contribution in [3.63, 3.8) is 0 Å². The molecule has 25 heavy (non-hydrogen) atoms. The molecule has 0 saturated heterocycles. The molecule has 1 amide bonds. The van der Waals surface area contributed by atoms with E-state index in [1.54, 1.807) is 12.1 Å². The maximum atomic E-state index is 11.9. The average Bonchev–Trinajstić information content (AvgIpc) is 2.76. The predicted octanol–water partition coefficient (Wildman–Crippen LogP) is 2.00. The lowest BCUT2D eigenvalue weighted by Crippen LogP contribution is -2.40. The Bertz CT molecular complexity index is 745. The zero-order chi connectivity index (χ0) is 18.8. The van der Waals surface area contributed by atoms with Crippen LogP contribution in [0.3, 0.4) is 0 Å². The van der Waals surface area contributed by atoms with Gasteiger partial charge in [0.25, 0.3) is 6.29 Å². The molecule has 1 N–H and O–H groups in total. The topological polar surface area (TPSA) is 94.2 Å². The van der Waals surface area contributed by atoms with Gasteiger partial charge in [-0.2, -0.15) is 12.7 Å². The van der Waals surface area contributed by atoms with Gasteiger partial charge in [0.2, 0.25) is 0 Å². The molecule has 0 saturated carbocycles. The van der Waals surface area contributed by atoms with E-state index in [2.05, 4.69) is 5.32 Å². The van der Waals surface area contributed by atoms with Gasteiger partial charge >= 0.3 is 16.4 Å². The van der Waals surface area contributed by atoms with Gasteiger partial charge in [0.15, 0.2) is 0 Å². The van der Waals surface area contributed by atoms with Crippen LogP contribution in [-0.2, 0) is 20.5 Å². The Morgan fingerprint density at radius 3 is 2.64 bits per heavy atom. The number of carbonyl (C=O) groups is 1. The van der Waals surface area contributed by atoms with Crippen LogP contribution in [0.4, 0.5) is 4.79 Å². The van der Waals surface area contributed by atoms with Crippen LogP contribution < -0.4 is 14.2 Å². The van der Waals surface area contributed by atoms with Crippen molar-refractivity contribution in [3.05, 3.63) is 23.8 Å². The van der Waals surface area contributed by atoms with Gasteiger partial charge in [-0.05, 0) is 38.5 Å². The number of benzene rings is 1. The van der Waals surface area contributed by atoms with Gasteiger partial charge in [0, 0.05) is 26.2 Å². The number of fused-ring (bicyclic) bond motifs is 1. The van der Waals surface area contributed by atoms with E-state index < -0.39 is 28.1 Å². The third-order valence-corrected chi connectivity index (χ3v) is 5.15. The molecule has 140 valence electrons. The Labute approximate surface area is 148 Å². The molecule has 2 rings (SSSR count). The van der Waals surface area contributed by atoms with E-state index in [1.807, 2.05) is 20.8 Å². The second-order valence-electron chi connectivity index (χ2n) is 6.48. The van der Waals surface area contributed by atoms with Gasteiger partial charge < -0.3 is 19.0 Å². The molecule has 0 spiro atoms. The van der Waals surface area contributed by atoms with E-state index in [0.29, 0.717) is 17.9 Å². The maximum Gasteiger partial charge on any atom is 0.410 e. The summed E-state index contributed by atoms with van der Waals surface area (Å²) in [7, 11) is -1.08. The summed E-state index contributed by atoms with van der Waals surface area (Å²) in [6.07, 6.45) is -0.579. The molecule has 9 heteroatoms. The molecule has 8 nitrogen and oxygen atoms in total. The van der Waals surface area contributed by atoms with Crippen LogP contribution in [-0.4, -0.2) is 45.7 Å². The predicted molar refractivity (Wildman–Crippen MR) is 91.9 cm³/mol. The Hall–Kier alpha value is -2.00. The normalized spacial score (nSPS) is 18.4. The van der Waals surface area contributed by atoms with Gasteiger partial charge in [-0.15, -0.1) is 0 Å². The Morgan fingerprint density at radius 2 is 2.04 bits per heavy atom. The molecule has 0 aliphatic carbocycles. The standard InChI is InChI=1S/C16H24N2O6S/c1-6-9-17-15(19)23-14-16(2,3)12-10-11(7-8-13(12)22-14)24-25(20,21)18(4)5/h7-8,10,14H,6,9H2,1-5H3,(H,17,19). The molecule has 1 heterocycles. The molecule has 0 bridgehead atoms. The van der Waals surface area contributed by atoms with Crippen molar-refractivity contribution >= 4 is 16.4 Å². The second-order valence-corrected chi connectivity index (χ2v) is 8.24. The number of amides is 1. The maximum absolute atomic E-state index is 11.9. The SMILES string of the molecule is CCCNC(=O)OC1Oc2ccc(OS(=O)(=O)N(C)C)cc2C1(C)C. The van der Waals surface area contributed by atoms with E-state index in [-0.39, 0.29) is 5.75 Å². The molecule has 1 aliphatic heterocycles. The monoisotopic (exact) mass is 372 g/mol. The third-order valence-electron chi connectivity index (χ3n) is 3.85. The fraction of sp³-hybridized carbons (Fsp3) is 0.562. The summed E-state index contributed by atoms with van der Waals surface area (Å²) in [4.78, 5) is 11.8. The van der Waals surface area contributed by atoms with Crippen LogP contribution in [0.15, 0.2) is 18.2 Å². The molecule has 1 atom stereocenters. The molecular formula is C16H24N2O6S. The lowest BCUT2D eigenvalue weighted by atomic mass is 9.85. The van der Waals surface area contributed by atoms with Crippen LogP contribution in [0.1, 0.15) is 32.8 Å². The third kappa shape index (κ3) is 4.16. The summed E-state index contributed by atoms with van der Waals surface area (Å²) in [5.41, 5.74) is 0.0346. The van der Waals surface area contributed by atoms with E-state index in [0.717, 1.165) is 10.7 Å². The van der Waals surface area contributed by atoms with E-state index in [1.165, 1.54) is 20.2 Å². The molecule has 0 fully saturated rings. The zero-order valence-corrected chi connectivity index (χ0v) is 15.8. The first-order valence-corrected chi connectivity index (χ1v) is 9.32. The summed E-state index contributed by atoms with van der Waals surface area (Å²) in [6, 6.07) is 4.68. The van der Waals surface area contributed by atoms with Gasteiger partial charge in [0.05, 0.1) is 5.41 Å². The summed E-state index contributed by atoms with van der Waals surface area (Å²) < 4.78 is 40.8. The lowest BCUT2D eigenvalue weighted by Gasteiger charge is -2.25. The number of rotatable bonds is 6. The first-order chi connectivity index (χ1) is 11.6. The van der Waals surface area contributed by atoms with E-state index >= 15 is 0 Å². The van der Waals surface area contributed by atoms with Gasteiger partial charge in [-0.1, -0.05) is 6.92 Å². The minimum absolute atomic E-state index is 0.167. The highest BCUT2D eigenvalue weighted by Crippen LogP contribution is 2.44. The number of hydrogen-bond donors (Lipinski definition) is 1. The van der Waals surface area contributed by atoms with Crippen LogP contribution in [0.5, 0.6) is 11.5 Å². The second kappa shape index (κ2) is 7.09. The van der Waals surface area contributed by atoms with Crippen LogP contribution in [0, 0.1) is 0 Å². The van der Waals surface area contributed by atoms with Crippen molar-refractivity contribution in [1.29, 1.82) is 0 Å². The minimum Gasteiger partial charge on any atom is -0.453 e. The number of nitrogens with zero attached hydrogens (tertiary/aromatic N) is 1. The summed E-state index contributed by atoms with van der Waals surface area (Å²) in [6.45, 7) is 6.15. The first-order valence-electron chi connectivity index (χ1n) is 7.95. The molecule has 1 aliphatic rings. The number of hydrogen-bond acceptors (Lipinski definition) is 6. The number of carbonyl (C=O) groups excluding carboxylic acids is 1. The number of alkyl carbamates (subject to hydrolysis) is 1. The van der Waals surface area contributed by atoms with E-state index in [4.69, 9.17) is 13.7 Å². The molecular weight excluding hydrogens is 348 g/mol. The highest BCUT2D eigenvalue weighted by atomic mass is 32.2. The highest BCUT2D eigenvalue weighted by Gasteiger charge is 2.44. The smallest absolute Gasteiger partial charge is 0.410 e. The summed E-state index contributed by atoms with van der Waals surface area (Å²) >= 11 is 0. The quantitative estimate of drug-likeness (QED) is 0.821. The van der Waals surface area contributed by atoms with E-state index in [9.17, 15) is 13.2 Å².